The van der Waals surface area contributed by atoms with E-state index >= 15 is 0 Å². The number of rotatable bonds is 5. The van der Waals surface area contributed by atoms with Crippen molar-refractivity contribution in [1.82, 2.24) is 0 Å². The molecule has 0 aliphatic rings. The standard InChI is InChI=1S/C17H13F2NO4/c1-10(21)11-3-2-4-13(7-11)20-16(22)9-24-17(23)14-6-5-12(18)8-15(14)19/h2-8H,9H2,1H3,(H,20,22). The van der Waals surface area contributed by atoms with Crippen molar-refractivity contribution in [3.8, 4) is 0 Å². The predicted molar refractivity (Wildman–Crippen MR) is 81.7 cm³/mol. The minimum absolute atomic E-state index is 0.163. The summed E-state index contributed by atoms with van der Waals surface area (Å²) in [5, 5.41) is 2.45. The average Bonchev–Trinajstić information content (AvgIpc) is 2.53. The molecular formula is C17H13F2NO4. The molecule has 7 heteroatoms. The first-order valence-electron chi connectivity index (χ1n) is 6.90. The fourth-order valence-corrected chi connectivity index (χ4v) is 1.88. The zero-order valence-electron chi connectivity index (χ0n) is 12.6. The van der Waals surface area contributed by atoms with Crippen LogP contribution in [0.4, 0.5) is 14.5 Å². The first-order valence-corrected chi connectivity index (χ1v) is 6.90. The normalized spacial score (nSPS) is 10.1. The Morgan fingerprint density at radius 1 is 1.08 bits per heavy atom. The lowest BCUT2D eigenvalue weighted by Gasteiger charge is -2.08. The highest BCUT2D eigenvalue weighted by Gasteiger charge is 2.15. The van der Waals surface area contributed by atoms with Crippen LogP contribution in [0, 0.1) is 11.6 Å². The van der Waals surface area contributed by atoms with Crippen LogP contribution in [0.3, 0.4) is 0 Å². The first-order chi connectivity index (χ1) is 11.4. The molecule has 124 valence electrons. The maximum Gasteiger partial charge on any atom is 0.341 e. The Bertz CT molecular complexity index is 805. The van der Waals surface area contributed by atoms with Crippen molar-refractivity contribution in [1.29, 1.82) is 0 Å². The van der Waals surface area contributed by atoms with Gasteiger partial charge in [-0.15, -0.1) is 0 Å². The van der Waals surface area contributed by atoms with Gasteiger partial charge in [-0.05, 0) is 31.2 Å². The van der Waals surface area contributed by atoms with Crippen LogP contribution in [0.5, 0.6) is 0 Å². The SMILES string of the molecule is CC(=O)c1cccc(NC(=O)COC(=O)c2ccc(F)cc2F)c1. The molecule has 0 spiro atoms. The van der Waals surface area contributed by atoms with Crippen LogP contribution >= 0.6 is 0 Å². The number of carbonyl (C=O) groups excluding carboxylic acids is 3. The quantitative estimate of drug-likeness (QED) is 0.674. The summed E-state index contributed by atoms with van der Waals surface area (Å²) in [7, 11) is 0. The van der Waals surface area contributed by atoms with Gasteiger partial charge in [-0.1, -0.05) is 12.1 Å². The molecule has 0 unspecified atom stereocenters. The fraction of sp³-hybridized carbons (Fsp3) is 0.118. The molecule has 0 fully saturated rings. The molecule has 2 aromatic carbocycles. The van der Waals surface area contributed by atoms with Crippen molar-refractivity contribution in [3.05, 3.63) is 65.2 Å². The Labute approximate surface area is 136 Å². The second-order valence-electron chi connectivity index (χ2n) is 4.89. The summed E-state index contributed by atoms with van der Waals surface area (Å²) < 4.78 is 30.9. The maximum absolute atomic E-state index is 13.4. The largest absolute Gasteiger partial charge is 0.452 e. The van der Waals surface area contributed by atoms with Crippen LogP contribution in [0.15, 0.2) is 42.5 Å². The molecule has 0 aliphatic heterocycles. The molecule has 0 heterocycles. The monoisotopic (exact) mass is 333 g/mol. The average molecular weight is 333 g/mol. The molecule has 2 aromatic rings. The summed E-state index contributed by atoms with van der Waals surface area (Å²) in [6.45, 7) is 0.736. The van der Waals surface area contributed by atoms with E-state index in [9.17, 15) is 23.2 Å². The van der Waals surface area contributed by atoms with Crippen LogP contribution in [-0.2, 0) is 9.53 Å². The van der Waals surface area contributed by atoms with E-state index in [4.69, 9.17) is 0 Å². The van der Waals surface area contributed by atoms with E-state index in [0.717, 1.165) is 12.1 Å². The number of ketones is 1. The molecule has 0 saturated carbocycles. The number of hydrogen-bond acceptors (Lipinski definition) is 4. The van der Waals surface area contributed by atoms with Gasteiger partial charge < -0.3 is 10.1 Å². The van der Waals surface area contributed by atoms with Crippen molar-refractivity contribution in [3.63, 3.8) is 0 Å². The summed E-state index contributed by atoms with van der Waals surface area (Å²) in [5.74, 6) is -3.81. The van der Waals surface area contributed by atoms with E-state index < -0.39 is 35.7 Å². The van der Waals surface area contributed by atoms with Gasteiger partial charge in [-0.25, -0.2) is 13.6 Å². The molecule has 5 nitrogen and oxygen atoms in total. The summed E-state index contributed by atoms with van der Waals surface area (Å²) in [5.41, 5.74) is 0.303. The minimum Gasteiger partial charge on any atom is -0.452 e. The second kappa shape index (κ2) is 7.45. The zero-order valence-corrected chi connectivity index (χ0v) is 12.6. The summed E-state index contributed by atoms with van der Waals surface area (Å²) in [6, 6.07) is 8.60. The van der Waals surface area contributed by atoms with E-state index in [0.29, 0.717) is 17.3 Å². The van der Waals surface area contributed by atoms with Crippen LogP contribution in [0.1, 0.15) is 27.6 Å². The van der Waals surface area contributed by atoms with Crippen molar-refractivity contribution in [2.24, 2.45) is 0 Å². The molecular weight excluding hydrogens is 320 g/mol. The molecule has 0 aliphatic carbocycles. The minimum atomic E-state index is -1.08. The van der Waals surface area contributed by atoms with Gasteiger partial charge in [0, 0.05) is 17.3 Å². The Hall–Kier alpha value is -3.09. The molecule has 0 saturated heterocycles. The maximum atomic E-state index is 13.4. The molecule has 0 aromatic heterocycles. The van der Waals surface area contributed by atoms with Crippen LogP contribution < -0.4 is 5.32 Å². The van der Waals surface area contributed by atoms with Gasteiger partial charge in [0.1, 0.15) is 11.6 Å². The third kappa shape index (κ3) is 4.45. The van der Waals surface area contributed by atoms with Crippen molar-refractivity contribution >= 4 is 23.3 Å². The summed E-state index contributed by atoms with van der Waals surface area (Å²) in [4.78, 5) is 34.7. The van der Waals surface area contributed by atoms with Crippen molar-refractivity contribution in [2.75, 3.05) is 11.9 Å². The zero-order chi connectivity index (χ0) is 17.7. The van der Waals surface area contributed by atoms with Gasteiger partial charge >= 0.3 is 5.97 Å². The van der Waals surface area contributed by atoms with Crippen LogP contribution in [0.25, 0.3) is 0 Å². The number of halogens is 2. The first kappa shape index (κ1) is 17.3. The Morgan fingerprint density at radius 2 is 1.83 bits per heavy atom. The third-order valence-corrected chi connectivity index (χ3v) is 3.04. The van der Waals surface area contributed by atoms with Gasteiger partial charge in [0.2, 0.25) is 0 Å². The van der Waals surface area contributed by atoms with Crippen LogP contribution in [-0.4, -0.2) is 24.3 Å². The second-order valence-corrected chi connectivity index (χ2v) is 4.89. The van der Waals surface area contributed by atoms with E-state index in [2.05, 4.69) is 10.1 Å². The number of nitrogens with one attached hydrogen (secondary N) is 1. The molecule has 1 N–H and O–H groups in total. The fourth-order valence-electron chi connectivity index (χ4n) is 1.88. The predicted octanol–water partition coefficient (Wildman–Crippen LogP) is 2.96. The van der Waals surface area contributed by atoms with E-state index in [1.165, 1.54) is 13.0 Å². The highest BCUT2D eigenvalue weighted by atomic mass is 19.1. The van der Waals surface area contributed by atoms with E-state index in [1.54, 1.807) is 18.2 Å². The van der Waals surface area contributed by atoms with E-state index in [1.807, 2.05) is 0 Å². The number of ether oxygens (including phenoxy) is 1. The van der Waals surface area contributed by atoms with Gasteiger partial charge in [-0.3, -0.25) is 9.59 Å². The highest BCUT2D eigenvalue weighted by molar-refractivity contribution is 5.98. The topological polar surface area (TPSA) is 72.5 Å². The van der Waals surface area contributed by atoms with E-state index in [-0.39, 0.29) is 5.78 Å². The Balaban J connectivity index is 1.94. The number of benzene rings is 2. The lowest BCUT2D eigenvalue weighted by molar-refractivity contribution is -0.119. The molecule has 0 atom stereocenters. The summed E-state index contributed by atoms with van der Waals surface area (Å²) in [6.07, 6.45) is 0. The molecule has 1 amide bonds. The number of amides is 1. The van der Waals surface area contributed by atoms with Gasteiger partial charge in [0.05, 0.1) is 5.56 Å². The number of anilines is 1. The van der Waals surface area contributed by atoms with Gasteiger partial charge in [-0.2, -0.15) is 0 Å². The lowest BCUT2D eigenvalue weighted by Crippen LogP contribution is -2.21. The molecule has 0 radical (unpaired) electrons. The van der Waals surface area contributed by atoms with Crippen molar-refractivity contribution in [2.45, 2.75) is 6.92 Å². The Morgan fingerprint density at radius 3 is 2.50 bits per heavy atom. The molecule has 0 bridgehead atoms. The highest BCUT2D eigenvalue weighted by Crippen LogP contribution is 2.12. The Kier molecular flexibility index (Phi) is 5.36. The number of esters is 1. The molecule has 2 rings (SSSR count). The van der Waals surface area contributed by atoms with Crippen LogP contribution in [0.2, 0.25) is 0 Å². The lowest BCUT2D eigenvalue weighted by atomic mass is 10.1. The van der Waals surface area contributed by atoms with Gasteiger partial charge in [0.15, 0.2) is 12.4 Å². The molecule has 24 heavy (non-hydrogen) atoms. The van der Waals surface area contributed by atoms with Gasteiger partial charge in [0.25, 0.3) is 5.91 Å². The number of Topliss-reactive ketones (excluding diaryl/α,β-unsaturated/α-hetero) is 1. The van der Waals surface area contributed by atoms with Crippen molar-refractivity contribution < 1.29 is 27.9 Å². The smallest absolute Gasteiger partial charge is 0.341 e. The third-order valence-electron chi connectivity index (χ3n) is 3.04. The number of carbonyl (C=O) groups is 3. The summed E-state index contributed by atoms with van der Waals surface area (Å²) >= 11 is 0. The number of hydrogen-bond donors (Lipinski definition) is 1.